The quantitative estimate of drug-likeness (QED) is 0.207. The molecule has 0 saturated heterocycles. The zero-order valence-corrected chi connectivity index (χ0v) is 17.2. The molecule has 0 saturated carbocycles. The van der Waals surface area contributed by atoms with Gasteiger partial charge >= 0.3 is 51.4 Å². The predicted octanol–water partition coefficient (Wildman–Crippen LogP) is 1.17. The number of rotatable bonds is 14. The van der Waals surface area contributed by atoms with Crippen molar-refractivity contribution in [2.75, 3.05) is 6.61 Å². The summed E-state index contributed by atoms with van der Waals surface area (Å²) in [6, 6.07) is 0. The molecule has 0 rings (SSSR count). The van der Waals surface area contributed by atoms with Gasteiger partial charge in [-0.3, -0.25) is 4.18 Å². The van der Waals surface area contributed by atoms with Crippen LogP contribution in [0.2, 0.25) is 0 Å². The van der Waals surface area contributed by atoms with Crippen molar-refractivity contribution in [3.63, 3.8) is 0 Å². The number of hydrogen-bond acceptors (Lipinski definition) is 4. The van der Waals surface area contributed by atoms with E-state index in [1.165, 1.54) is 57.8 Å². The minimum atomic E-state index is -4.49. The summed E-state index contributed by atoms with van der Waals surface area (Å²) < 4.78 is 34.6. The van der Waals surface area contributed by atoms with Gasteiger partial charge in [-0.05, 0) is 6.42 Å². The summed E-state index contributed by atoms with van der Waals surface area (Å²) in [6.45, 7) is 2.26. The molecule has 0 spiro atoms. The van der Waals surface area contributed by atoms with E-state index in [9.17, 15) is 13.0 Å². The van der Waals surface area contributed by atoms with Crippen LogP contribution in [0.5, 0.6) is 0 Å². The number of hydrogen-bond donors (Lipinski definition) is 0. The van der Waals surface area contributed by atoms with Gasteiger partial charge in [0, 0.05) is 0 Å². The molecule has 0 aliphatic rings. The van der Waals surface area contributed by atoms with Crippen LogP contribution in [0.25, 0.3) is 0 Å². The van der Waals surface area contributed by atoms with Gasteiger partial charge in [0.2, 0.25) is 10.4 Å². The fourth-order valence-corrected chi connectivity index (χ4v) is 2.43. The van der Waals surface area contributed by atoms with Gasteiger partial charge in [0.05, 0.1) is 6.61 Å². The molecule has 0 aromatic heterocycles. The van der Waals surface area contributed by atoms with Gasteiger partial charge < -0.3 is 4.55 Å². The fraction of sp³-hybridized carbons (Fsp3) is 1.00. The molecule has 0 aromatic carbocycles. The van der Waals surface area contributed by atoms with Gasteiger partial charge in [0.15, 0.2) is 0 Å². The van der Waals surface area contributed by atoms with Crippen LogP contribution in [0.1, 0.15) is 84.0 Å². The summed E-state index contributed by atoms with van der Waals surface area (Å²) in [7, 11) is -4.49. The van der Waals surface area contributed by atoms with Gasteiger partial charge in [0.1, 0.15) is 0 Å². The molecule has 116 valence electrons. The normalized spacial score (nSPS) is 11.3. The Labute approximate surface area is 167 Å². The van der Waals surface area contributed by atoms with E-state index >= 15 is 0 Å². The maximum absolute atomic E-state index is 10.2. The topological polar surface area (TPSA) is 66.4 Å². The maximum Gasteiger partial charge on any atom is 1.00 e. The number of unbranched alkanes of at least 4 members (excludes halogenated alkanes) is 11. The first kappa shape index (κ1) is 23.8. The Hall–Kier alpha value is 1.51. The molecule has 6 heteroatoms. The van der Waals surface area contributed by atoms with E-state index in [0.29, 0.717) is 6.42 Å². The molecule has 0 aliphatic heterocycles. The van der Waals surface area contributed by atoms with Crippen molar-refractivity contribution < 1.29 is 68.5 Å². The molecule has 0 fully saturated rings. The largest absolute Gasteiger partial charge is 1.00 e. The summed E-state index contributed by atoms with van der Waals surface area (Å²) in [6.07, 6.45) is 14.5. The van der Waals surface area contributed by atoms with Crippen LogP contribution in [0.4, 0.5) is 0 Å². The average molecular weight is 333 g/mol. The van der Waals surface area contributed by atoms with Crippen molar-refractivity contribution in [1.82, 2.24) is 0 Å². The molecule has 0 atom stereocenters. The van der Waals surface area contributed by atoms with Crippen LogP contribution < -0.4 is 51.4 Å². The second-order valence-electron chi connectivity index (χ2n) is 5.12. The van der Waals surface area contributed by atoms with Gasteiger partial charge in [-0.15, -0.1) is 0 Å². The van der Waals surface area contributed by atoms with Gasteiger partial charge in [0.25, 0.3) is 0 Å². The summed E-state index contributed by atoms with van der Waals surface area (Å²) in [5, 5.41) is 0. The minimum Gasteiger partial charge on any atom is -0.726 e. The molecule has 0 radical (unpaired) electrons. The molecule has 0 amide bonds. The first-order valence-corrected chi connectivity index (χ1v) is 9.00. The third-order valence-corrected chi connectivity index (χ3v) is 3.68. The molecule has 0 heterocycles. The fourth-order valence-electron chi connectivity index (χ4n) is 2.10. The molecule has 0 aliphatic carbocycles. The standard InChI is InChI=1S/C14H30O4S.K/c1-2-3-4-5-6-7-8-9-10-11-12-13-14-18-19(15,16)17;/h2-14H2,1H3,(H,15,16,17);/q;+1/p-1. The SMILES string of the molecule is CCCCCCCCCCCCCCOS(=O)(=O)[O-].[K+]. The van der Waals surface area contributed by atoms with Crippen LogP contribution in [0, 0.1) is 0 Å². The summed E-state index contributed by atoms with van der Waals surface area (Å²) in [5.74, 6) is 0. The van der Waals surface area contributed by atoms with Crippen LogP contribution in [-0.4, -0.2) is 19.6 Å². The Morgan fingerprint density at radius 2 is 1.10 bits per heavy atom. The Morgan fingerprint density at radius 3 is 1.45 bits per heavy atom. The van der Waals surface area contributed by atoms with E-state index in [1.807, 2.05) is 0 Å². The van der Waals surface area contributed by atoms with E-state index in [2.05, 4.69) is 11.1 Å². The Bertz CT molecular complexity index is 281. The smallest absolute Gasteiger partial charge is 0.726 e. The molecule has 20 heavy (non-hydrogen) atoms. The van der Waals surface area contributed by atoms with E-state index in [1.54, 1.807) is 0 Å². The van der Waals surface area contributed by atoms with Crippen molar-refractivity contribution in [2.24, 2.45) is 0 Å². The monoisotopic (exact) mass is 332 g/mol. The molecular formula is C14H29KO4S. The molecule has 0 bridgehead atoms. The van der Waals surface area contributed by atoms with E-state index in [-0.39, 0.29) is 58.0 Å². The molecule has 0 aromatic rings. The summed E-state index contributed by atoms with van der Waals surface area (Å²) in [4.78, 5) is 0. The maximum atomic E-state index is 10.2. The second kappa shape index (κ2) is 16.9. The molecule has 0 unspecified atom stereocenters. The molecular weight excluding hydrogens is 303 g/mol. The molecule has 0 N–H and O–H groups in total. The minimum absolute atomic E-state index is 0. The van der Waals surface area contributed by atoms with Crippen molar-refractivity contribution in [3.05, 3.63) is 0 Å². The first-order valence-electron chi connectivity index (χ1n) is 7.66. The zero-order valence-electron chi connectivity index (χ0n) is 13.2. The van der Waals surface area contributed by atoms with Gasteiger partial charge in [-0.1, -0.05) is 77.6 Å². The average Bonchev–Trinajstić information content (AvgIpc) is 2.34. The van der Waals surface area contributed by atoms with Gasteiger partial charge in [-0.25, -0.2) is 8.42 Å². The summed E-state index contributed by atoms with van der Waals surface area (Å²) >= 11 is 0. The predicted molar refractivity (Wildman–Crippen MR) is 76.7 cm³/mol. The van der Waals surface area contributed by atoms with Crippen molar-refractivity contribution in [2.45, 2.75) is 84.0 Å². The van der Waals surface area contributed by atoms with Crippen LogP contribution in [0.15, 0.2) is 0 Å². The van der Waals surface area contributed by atoms with Crippen molar-refractivity contribution in [1.29, 1.82) is 0 Å². The Kier molecular flexibility index (Phi) is 20.0. The molecule has 4 nitrogen and oxygen atoms in total. The third kappa shape index (κ3) is 21.8. The van der Waals surface area contributed by atoms with Crippen LogP contribution in [0.3, 0.4) is 0 Å². The first-order chi connectivity index (χ1) is 9.06. The van der Waals surface area contributed by atoms with E-state index < -0.39 is 10.4 Å². The van der Waals surface area contributed by atoms with Crippen molar-refractivity contribution in [3.8, 4) is 0 Å². The van der Waals surface area contributed by atoms with E-state index in [4.69, 9.17) is 0 Å². The summed E-state index contributed by atoms with van der Waals surface area (Å²) in [5.41, 5.74) is 0. The second-order valence-corrected chi connectivity index (χ2v) is 6.17. The van der Waals surface area contributed by atoms with Crippen molar-refractivity contribution >= 4 is 10.4 Å². The third-order valence-electron chi connectivity index (χ3n) is 3.23. The Balaban J connectivity index is 0. The van der Waals surface area contributed by atoms with Crippen LogP contribution in [-0.2, 0) is 14.6 Å². The van der Waals surface area contributed by atoms with Crippen LogP contribution >= 0.6 is 0 Å². The van der Waals surface area contributed by atoms with Gasteiger partial charge in [-0.2, -0.15) is 0 Å². The zero-order chi connectivity index (χ0) is 14.4. The van der Waals surface area contributed by atoms with E-state index in [0.717, 1.165) is 12.8 Å². The Morgan fingerprint density at radius 1 is 0.750 bits per heavy atom.